The normalized spacial score (nSPS) is 11.3. The maximum atomic E-state index is 11.9. The fourth-order valence-corrected chi connectivity index (χ4v) is 2.06. The first-order valence-electron chi connectivity index (χ1n) is 6.00. The number of nitriles is 1. The standard InChI is InChI=1S/C13H18IN3O/c1-10-11(14)12(18)17(9-16-10)7-5-4-6-13(2,3)8-15/h9H,4-7H2,1-3H3. The monoisotopic (exact) mass is 359 g/mol. The van der Waals surface area contributed by atoms with Gasteiger partial charge in [0, 0.05) is 6.54 Å². The van der Waals surface area contributed by atoms with E-state index in [1.165, 1.54) is 0 Å². The van der Waals surface area contributed by atoms with E-state index in [1.807, 2.05) is 43.4 Å². The largest absolute Gasteiger partial charge is 0.298 e. The maximum absolute atomic E-state index is 11.9. The molecule has 98 valence electrons. The maximum Gasteiger partial charge on any atom is 0.266 e. The summed E-state index contributed by atoms with van der Waals surface area (Å²) >= 11 is 2.04. The highest BCUT2D eigenvalue weighted by Gasteiger charge is 2.15. The third-order valence-corrected chi connectivity index (χ3v) is 4.15. The van der Waals surface area contributed by atoms with Gasteiger partial charge in [-0.25, -0.2) is 4.98 Å². The van der Waals surface area contributed by atoms with Crippen LogP contribution in [0.5, 0.6) is 0 Å². The van der Waals surface area contributed by atoms with Gasteiger partial charge in [0.1, 0.15) is 0 Å². The summed E-state index contributed by atoms with van der Waals surface area (Å²) in [6.45, 7) is 6.39. The van der Waals surface area contributed by atoms with Gasteiger partial charge in [-0.1, -0.05) is 6.42 Å². The molecule has 0 unspecified atom stereocenters. The molecule has 0 aliphatic carbocycles. The van der Waals surface area contributed by atoms with Gasteiger partial charge >= 0.3 is 0 Å². The molecule has 1 aromatic rings. The molecule has 0 aliphatic rings. The van der Waals surface area contributed by atoms with E-state index in [4.69, 9.17) is 5.26 Å². The van der Waals surface area contributed by atoms with Gasteiger partial charge in [0.25, 0.3) is 5.56 Å². The van der Waals surface area contributed by atoms with Gasteiger partial charge in [0.15, 0.2) is 0 Å². The Labute approximate surface area is 121 Å². The average Bonchev–Trinajstić information content (AvgIpc) is 2.34. The Hall–Kier alpha value is -0.900. The van der Waals surface area contributed by atoms with Gasteiger partial charge in [-0.15, -0.1) is 0 Å². The van der Waals surface area contributed by atoms with Crippen LogP contribution in [0.15, 0.2) is 11.1 Å². The van der Waals surface area contributed by atoms with E-state index >= 15 is 0 Å². The summed E-state index contributed by atoms with van der Waals surface area (Å²) in [5.74, 6) is 0. The SMILES string of the molecule is Cc1ncn(CCCCC(C)(C)C#N)c(=O)c1I. The molecular weight excluding hydrogens is 341 g/mol. The second-order valence-electron chi connectivity index (χ2n) is 5.10. The van der Waals surface area contributed by atoms with Crippen LogP contribution in [0.1, 0.15) is 38.8 Å². The fourth-order valence-electron chi connectivity index (χ4n) is 1.61. The third kappa shape index (κ3) is 4.09. The van der Waals surface area contributed by atoms with E-state index < -0.39 is 0 Å². The number of aromatic nitrogens is 2. The molecule has 0 spiro atoms. The lowest BCUT2D eigenvalue weighted by atomic mass is 9.89. The number of hydrogen-bond donors (Lipinski definition) is 0. The second-order valence-corrected chi connectivity index (χ2v) is 6.17. The van der Waals surface area contributed by atoms with Gasteiger partial charge in [-0.2, -0.15) is 5.26 Å². The molecule has 1 heterocycles. The first kappa shape index (κ1) is 15.2. The number of unbranched alkanes of at least 4 members (excludes halogenated alkanes) is 1. The predicted molar refractivity (Wildman–Crippen MR) is 79.2 cm³/mol. The van der Waals surface area contributed by atoms with E-state index in [1.54, 1.807) is 10.9 Å². The minimum atomic E-state index is -0.273. The van der Waals surface area contributed by atoms with E-state index in [2.05, 4.69) is 11.1 Å². The number of nitrogens with zero attached hydrogens (tertiary/aromatic N) is 3. The summed E-state index contributed by atoms with van der Waals surface area (Å²) < 4.78 is 2.33. The summed E-state index contributed by atoms with van der Waals surface area (Å²) in [5, 5.41) is 8.91. The smallest absolute Gasteiger partial charge is 0.266 e. The van der Waals surface area contributed by atoms with Crippen molar-refractivity contribution in [2.45, 2.75) is 46.6 Å². The van der Waals surface area contributed by atoms with E-state index in [-0.39, 0.29) is 11.0 Å². The molecule has 0 amide bonds. The molecule has 0 fully saturated rings. The number of rotatable bonds is 5. The average molecular weight is 359 g/mol. The Morgan fingerprint density at radius 2 is 2.17 bits per heavy atom. The van der Waals surface area contributed by atoms with Crippen LogP contribution in [0.25, 0.3) is 0 Å². The zero-order chi connectivity index (χ0) is 13.8. The molecule has 0 aliphatic heterocycles. The molecular formula is C13H18IN3O. The number of hydrogen-bond acceptors (Lipinski definition) is 3. The molecule has 4 nitrogen and oxygen atoms in total. The van der Waals surface area contributed by atoms with Crippen LogP contribution in [0.2, 0.25) is 0 Å². The molecule has 0 saturated carbocycles. The minimum Gasteiger partial charge on any atom is -0.298 e. The van der Waals surface area contributed by atoms with E-state index in [9.17, 15) is 4.79 Å². The topological polar surface area (TPSA) is 58.7 Å². The van der Waals surface area contributed by atoms with Crippen molar-refractivity contribution in [1.82, 2.24) is 9.55 Å². The van der Waals surface area contributed by atoms with Crippen molar-refractivity contribution in [3.8, 4) is 6.07 Å². The summed E-state index contributed by atoms with van der Waals surface area (Å²) in [5.41, 5.74) is 0.537. The Morgan fingerprint density at radius 3 is 2.78 bits per heavy atom. The highest BCUT2D eigenvalue weighted by atomic mass is 127. The van der Waals surface area contributed by atoms with Crippen molar-refractivity contribution in [2.75, 3.05) is 0 Å². The van der Waals surface area contributed by atoms with Crippen LogP contribution < -0.4 is 5.56 Å². The molecule has 5 heteroatoms. The molecule has 0 bridgehead atoms. The van der Waals surface area contributed by atoms with Crippen LogP contribution in [0.3, 0.4) is 0 Å². The highest BCUT2D eigenvalue weighted by molar-refractivity contribution is 14.1. The van der Waals surface area contributed by atoms with Crippen molar-refractivity contribution in [2.24, 2.45) is 5.41 Å². The number of halogens is 1. The van der Waals surface area contributed by atoms with Crippen molar-refractivity contribution in [3.63, 3.8) is 0 Å². The van der Waals surface area contributed by atoms with Crippen LogP contribution >= 0.6 is 22.6 Å². The summed E-state index contributed by atoms with van der Waals surface area (Å²) in [7, 11) is 0. The molecule has 0 radical (unpaired) electrons. The lowest BCUT2D eigenvalue weighted by Gasteiger charge is -2.14. The van der Waals surface area contributed by atoms with Gasteiger partial charge in [0.2, 0.25) is 0 Å². The van der Waals surface area contributed by atoms with Crippen molar-refractivity contribution in [3.05, 3.63) is 25.9 Å². The van der Waals surface area contributed by atoms with E-state index in [0.29, 0.717) is 10.1 Å². The Balaban J connectivity index is 2.54. The summed E-state index contributed by atoms with van der Waals surface area (Å²) in [6, 6.07) is 2.29. The predicted octanol–water partition coefficient (Wildman–Crippen LogP) is 2.88. The molecule has 0 atom stereocenters. The molecule has 18 heavy (non-hydrogen) atoms. The van der Waals surface area contributed by atoms with E-state index in [0.717, 1.165) is 25.0 Å². The molecule has 0 N–H and O–H groups in total. The molecule has 0 saturated heterocycles. The van der Waals surface area contributed by atoms with Crippen LogP contribution in [-0.2, 0) is 6.54 Å². The van der Waals surface area contributed by atoms with Crippen molar-refractivity contribution < 1.29 is 0 Å². The zero-order valence-corrected chi connectivity index (χ0v) is 13.2. The summed E-state index contributed by atoms with van der Waals surface area (Å²) in [6.07, 6.45) is 4.30. The van der Waals surface area contributed by atoms with Crippen molar-refractivity contribution >= 4 is 22.6 Å². The van der Waals surface area contributed by atoms with Gasteiger partial charge in [-0.3, -0.25) is 9.36 Å². The van der Waals surface area contributed by atoms with Crippen LogP contribution in [0.4, 0.5) is 0 Å². The molecule has 0 aromatic carbocycles. The van der Waals surface area contributed by atoms with Gasteiger partial charge in [-0.05, 0) is 56.2 Å². The van der Waals surface area contributed by atoms with Crippen molar-refractivity contribution in [1.29, 1.82) is 5.26 Å². The first-order chi connectivity index (χ1) is 8.37. The molecule has 1 aromatic heterocycles. The first-order valence-corrected chi connectivity index (χ1v) is 7.08. The quantitative estimate of drug-likeness (QED) is 0.600. The van der Waals surface area contributed by atoms with Gasteiger partial charge in [0.05, 0.1) is 27.1 Å². The van der Waals surface area contributed by atoms with Crippen LogP contribution in [-0.4, -0.2) is 9.55 Å². The second kappa shape index (κ2) is 6.32. The Bertz CT molecular complexity index is 514. The molecule has 1 rings (SSSR count). The minimum absolute atomic E-state index is 0.0302. The zero-order valence-electron chi connectivity index (χ0n) is 11.0. The lowest BCUT2D eigenvalue weighted by Crippen LogP contribution is -2.24. The van der Waals surface area contributed by atoms with Crippen LogP contribution in [0, 0.1) is 27.2 Å². The lowest BCUT2D eigenvalue weighted by molar-refractivity contribution is 0.414. The Kier molecular flexibility index (Phi) is 5.32. The third-order valence-electron chi connectivity index (χ3n) is 2.91. The highest BCUT2D eigenvalue weighted by Crippen LogP contribution is 2.21. The summed E-state index contributed by atoms with van der Waals surface area (Å²) in [4.78, 5) is 16.1. The Morgan fingerprint density at radius 1 is 1.50 bits per heavy atom. The van der Waals surface area contributed by atoms with Gasteiger partial charge < -0.3 is 0 Å². The number of aryl methyl sites for hydroxylation is 2. The fraction of sp³-hybridized carbons (Fsp3) is 0.615.